The van der Waals surface area contributed by atoms with Gasteiger partial charge in [-0.1, -0.05) is 115 Å². The minimum Gasteiger partial charge on any atom is -0.309 e. The van der Waals surface area contributed by atoms with Crippen LogP contribution in [0.25, 0.3) is 132 Å². The average molecular weight is 840 g/mol. The van der Waals surface area contributed by atoms with Crippen LogP contribution in [0.15, 0.2) is 225 Å². The van der Waals surface area contributed by atoms with Gasteiger partial charge in [0.2, 0.25) is 0 Å². The number of nitrogens with zero attached hydrogens (tertiary/aromatic N) is 5. The smallest absolute Gasteiger partial charge is 0.0645 e. The Morgan fingerprint density at radius 1 is 0.288 bits per heavy atom. The molecule has 12 aromatic rings. The molecular formula is C61H37N5. The van der Waals surface area contributed by atoms with Crippen LogP contribution in [0.2, 0.25) is 0 Å². The molecule has 2 aliphatic heterocycles. The van der Waals surface area contributed by atoms with Crippen molar-refractivity contribution in [1.82, 2.24) is 24.1 Å². The summed E-state index contributed by atoms with van der Waals surface area (Å²) in [5.74, 6) is 0. The third kappa shape index (κ3) is 5.38. The van der Waals surface area contributed by atoms with Gasteiger partial charge in [-0.15, -0.1) is 0 Å². The maximum Gasteiger partial charge on any atom is 0.0645 e. The normalized spacial score (nSPS) is 11.9. The SMILES string of the molecule is c1ccc(-n2c3cc(-c4cccc5ccccc45)c4cc(-c5cccnc5)cc5c4c3-c3c4c(cc(-c6cccnc6)cc42)c(-c2cccc4ccccc24)cc3n5-c2cccnc2)cc1. The summed E-state index contributed by atoms with van der Waals surface area (Å²) in [5.41, 5.74) is 18.0. The van der Waals surface area contributed by atoms with E-state index in [1.54, 1.807) is 0 Å². The first kappa shape index (κ1) is 36.5. The predicted octanol–water partition coefficient (Wildman–Crippen LogP) is 15.6. The number of benzene rings is 9. The van der Waals surface area contributed by atoms with Crippen molar-refractivity contribution in [2.75, 3.05) is 0 Å². The number of pyridine rings is 5. The molecule has 5 heteroatoms. The Morgan fingerprint density at radius 3 is 1.24 bits per heavy atom. The van der Waals surface area contributed by atoms with Crippen molar-refractivity contribution in [3.05, 3.63) is 225 Å². The monoisotopic (exact) mass is 839 g/mol. The van der Waals surface area contributed by atoms with Crippen LogP contribution in [0.1, 0.15) is 0 Å². The van der Waals surface area contributed by atoms with Gasteiger partial charge in [0.25, 0.3) is 0 Å². The third-order valence-electron chi connectivity index (χ3n) is 13.7. The van der Waals surface area contributed by atoms with Crippen LogP contribution in [-0.2, 0) is 0 Å². The first-order valence-corrected chi connectivity index (χ1v) is 22.4. The van der Waals surface area contributed by atoms with Gasteiger partial charge in [0.1, 0.15) is 0 Å². The highest BCUT2D eigenvalue weighted by molar-refractivity contribution is 6.31. The second kappa shape index (κ2) is 14.3. The Morgan fingerprint density at radius 2 is 0.742 bits per heavy atom. The lowest BCUT2D eigenvalue weighted by Gasteiger charge is -2.31. The lowest BCUT2D eigenvalue weighted by molar-refractivity contribution is 1.12. The second-order valence-corrected chi connectivity index (χ2v) is 17.2. The summed E-state index contributed by atoms with van der Waals surface area (Å²) in [4.78, 5) is 14.0. The second-order valence-electron chi connectivity index (χ2n) is 17.2. The zero-order valence-corrected chi connectivity index (χ0v) is 35.6. The van der Waals surface area contributed by atoms with E-state index in [1.807, 2.05) is 55.4 Å². The van der Waals surface area contributed by atoms with E-state index in [4.69, 9.17) is 4.98 Å². The first-order chi connectivity index (χ1) is 32.8. The molecule has 9 aromatic carbocycles. The Hall–Kier alpha value is -8.93. The number of rotatable bonds is 6. The summed E-state index contributed by atoms with van der Waals surface area (Å²) in [7, 11) is 0. The van der Waals surface area contributed by atoms with Gasteiger partial charge in [-0.05, 0) is 138 Å². The van der Waals surface area contributed by atoms with Crippen LogP contribution in [0, 0.1) is 0 Å². The average Bonchev–Trinajstić information content (AvgIpc) is 3.39. The lowest BCUT2D eigenvalue weighted by atomic mass is 9.80. The fourth-order valence-corrected chi connectivity index (χ4v) is 10.9. The van der Waals surface area contributed by atoms with Crippen LogP contribution in [-0.4, -0.2) is 24.1 Å². The molecule has 3 aromatic heterocycles. The maximum absolute atomic E-state index is 4.78. The van der Waals surface area contributed by atoms with E-state index in [9.17, 15) is 0 Å². The van der Waals surface area contributed by atoms with E-state index < -0.39 is 0 Å². The standard InChI is InChI=1S/C61H37N5/c1-2-19-44(20-3-1)65-54-31-42(40-17-10-26-62-35-40)29-52-51(49-25-9-16-39-14-5-7-23-47(39)49)34-57-61(58(52)54)60-56(65)33-50(48-24-8-15-38-13-4-6-22-46(38)48)53-30-43(41-18-11-27-63-36-41)32-55(59(53)60)66(57)45-21-12-28-64-37-45/h1-37H. The van der Waals surface area contributed by atoms with Gasteiger partial charge in [0.15, 0.2) is 0 Å². The van der Waals surface area contributed by atoms with Crippen molar-refractivity contribution in [1.29, 1.82) is 0 Å². The van der Waals surface area contributed by atoms with Crippen molar-refractivity contribution in [2.24, 2.45) is 0 Å². The minimum atomic E-state index is 0.989. The molecule has 0 spiro atoms. The van der Waals surface area contributed by atoms with Crippen LogP contribution < -0.4 is 0 Å². The summed E-state index contributed by atoms with van der Waals surface area (Å²) in [6.45, 7) is 0. The molecule has 306 valence electrons. The van der Waals surface area contributed by atoms with Gasteiger partial charge in [-0.25, -0.2) is 0 Å². The van der Waals surface area contributed by atoms with Crippen molar-refractivity contribution in [3.63, 3.8) is 0 Å². The van der Waals surface area contributed by atoms with Gasteiger partial charge < -0.3 is 9.13 Å². The summed E-state index contributed by atoms with van der Waals surface area (Å²) in [6.07, 6.45) is 11.5. The van der Waals surface area contributed by atoms with E-state index in [2.05, 4.69) is 189 Å². The Bertz CT molecular complexity index is 3850. The van der Waals surface area contributed by atoms with E-state index in [1.165, 1.54) is 70.9 Å². The van der Waals surface area contributed by atoms with Crippen LogP contribution in [0.3, 0.4) is 0 Å². The van der Waals surface area contributed by atoms with Crippen LogP contribution >= 0.6 is 0 Å². The molecule has 66 heavy (non-hydrogen) atoms. The molecule has 0 saturated carbocycles. The summed E-state index contributed by atoms with van der Waals surface area (Å²) < 4.78 is 4.99. The van der Waals surface area contributed by atoms with Gasteiger partial charge in [0.05, 0.1) is 34.0 Å². The topological polar surface area (TPSA) is 48.5 Å². The van der Waals surface area contributed by atoms with E-state index in [-0.39, 0.29) is 0 Å². The van der Waals surface area contributed by atoms with Gasteiger partial charge in [-0.3, -0.25) is 15.0 Å². The number of aromatic nitrogens is 5. The predicted molar refractivity (Wildman–Crippen MR) is 273 cm³/mol. The number of para-hydroxylation sites is 1. The Balaban J connectivity index is 1.30. The summed E-state index contributed by atoms with van der Waals surface area (Å²) >= 11 is 0. The highest BCUT2D eigenvalue weighted by Crippen LogP contribution is 2.55. The molecule has 5 heterocycles. The molecule has 0 fully saturated rings. The van der Waals surface area contributed by atoms with Crippen LogP contribution in [0.5, 0.6) is 0 Å². The zero-order valence-electron chi connectivity index (χ0n) is 35.6. The number of fused-ring (bicyclic) bond motifs is 2. The maximum atomic E-state index is 4.78. The first-order valence-electron chi connectivity index (χ1n) is 22.4. The van der Waals surface area contributed by atoms with Gasteiger partial charge in [-0.2, -0.15) is 0 Å². The summed E-state index contributed by atoms with van der Waals surface area (Å²) in [5, 5.41) is 9.57. The molecule has 0 bridgehead atoms. The molecule has 14 rings (SSSR count). The van der Waals surface area contributed by atoms with Crippen molar-refractivity contribution in [2.45, 2.75) is 0 Å². The molecule has 0 saturated heterocycles. The molecule has 0 amide bonds. The van der Waals surface area contributed by atoms with Crippen molar-refractivity contribution in [3.8, 4) is 67.0 Å². The van der Waals surface area contributed by atoms with Crippen LogP contribution in [0.4, 0.5) is 0 Å². The largest absolute Gasteiger partial charge is 0.309 e. The zero-order chi connectivity index (χ0) is 43.3. The quantitative estimate of drug-likeness (QED) is 0.124. The highest BCUT2D eigenvalue weighted by Gasteiger charge is 2.31. The van der Waals surface area contributed by atoms with Crippen molar-refractivity contribution < 1.29 is 0 Å². The van der Waals surface area contributed by atoms with Gasteiger partial charge in [0, 0.05) is 69.7 Å². The highest BCUT2D eigenvalue weighted by atomic mass is 15.0. The Kier molecular flexibility index (Phi) is 7.91. The number of hydrogen-bond donors (Lipinski definition) is 0. The summed E-state index contributed by atoms with van der Waals surface area (Å²) in [6, 6.07) is 68.9. The molecule has 0 N–H and O–H groups in total. The fraction of sp³-hybridized carbons (Fsp3) is 0. The molecule has 5 nitrogen and oxygen atoms in total. The molecule has 0 radical (unpaired) electrons. The Labute approximate surface area is 379 Å². The molecule has 0 aliphatic carbocycles. The van der Waals surface area contributed by atoms with E-state index in [0.29, 0.717) is 0 Å². The van der Waals surface area contributed by atoms with Gasteiger partial charge >= 0.3 is 0 Å². The number of hydrogen-bond acceptors (Lipinski definition) is 3. The molecule has 0 atom stereocenters. The minimum absolute atomic E-state index is 0.989. The van der Waals surface area contributed by atoms with Crippen molar-refractivity contribution >= 4 is 65.2 Å². The fourth-order valence-electron chi connectivity index (χ4n) is 10.9. The molecule has 0 unspecified atom stereocenters. The lowest BCUT2D eigenvalue weighted by Crippen LogP contribution is -2.11. The molecular weight excluding hydrogens is 803 g/mol. The molecule has 2 aliphatic rings. The van der Waals surface area contributed by atoms with E-state index >= 15 is 0 Å². The van der Waals surface area contributed by atoms with E-state index in [0.717, 1.165) is 61.3 Å². The third-order valence-corrected chi connectivity index (χ3v) is 13.7.